The Labute approximate surface area is 304 Å². The Morgan fingerprint density at radius 2 is 1.63 bits per heavy atom. The van der Waals surface area contributed by atoms with E-state index in [2.05, 4.69) is 63.6 Å². The van der Waals surface area contributed by atoms with Crippen LogP contribution in [0.25, 0.3) is 10.9 Å². The summed E-state index contributed by atoms with van der Waals surface area (Å²) in [6, 6.07) is 10.0. The number of carbonyl (C=O) groups is 3. The number of aliphatic carboxylic acids is 1. The average molecular weight is 697 g/mol. The van der Waals surface area contributed by atoms with Crippen LogP contribution in [0.1, 0.15) is 119 Å². The molecule has 5 aliphatic carbocycles. The molecule has 7 nitrogen and oxygen atoms in total. The van der Waals surface area contributed by atoms with Crippen molar-refractivity contribution in [2.75, 3.05) is 5.32 Å². The van der Waals surface area contributed by atoms with Gasteiger partial charge in [0, 0.05) is 17.0 Å². The number of esters is 1. The molecule has 51 heavy (non-hydrogen) atoms. The number of amides is 1. The number of carbonyl (C=O) groups excluding carboxylic acids is 2. The lowest BCUT2D eigenvalue weighted by atomic mass is 9.36. The second-order valence-corrected chi connectivity index (χ2v) is 19.3. The van der Waals surface area contributed by atoms with E-state index in [0.717, 1.165) is 74.4 Å². The summed E-state index contributed by atoms with van der Waals surface area (Å²) in [4.78, 5) is 44.1. The van der Waals surface area contributed by atoms with Crippen molar-refractivity contribution in [2.24, 2.45) is 62.6 Å². The van der Waals surface area contributed by atoms with Gasteiger partial charge in [0.25, 0.3) is 0 Å². The number of allylic oxidation sites excluding steroid dienone is 1. The Hall–Kier alpha value is -3.22. The molecule has 0 spiro atoms. The number of ether oxygens (including phenoxy) is 1. The second kappa shape index (κ2) is 12.4. The van der Waals surface area contributed by atoms with E-state index in [1.165, 1.54) is 12.0 Å². The summed E-state index contributed by atoms with van der Waals surface area (Å²) in [5, 5.41) is 14.1. The van der Waals surface area contributed by atoms with Crippen LogP contribution in [0.2, 0.25) is 0 Å². The molecule has 0 saturated heterocycles. The van der Waals surface area contributed by atoms with Crippen LogP contribution < -0.4 is 5.32 Å². The maximum absolute atomic E-state index is 14.7. The summed E-state index contributed by atoms with van der Waals surface area (Å²) in [6.45, 7) is 19.6. The largest absolute Gasteiger partial charge is 0.481 e. The highest BCUT2D eigenvalue weighted by molar-refractivity contribution is 6.02. The van der Waals surface area contributed by atoms with Crippen LogP contribution in [0, 0.1) is 62.6 Å². The Morgan fingerprint density at radius 1 is 0.922 bits per heavy atom. The summed E-state index contributed by atoms with van der Waals surface area (Å²) in [5.41, 5.74) is 1.44. The Kier molecular flexibility index (Phi) is 8.82. The molecule has 10 atom stereocenters. The van der Waals surface area contributed by atoms with Crippen molar-refractivity contribution in [3.05, 3.63) is 48.7 Å². The topological polar surface area (TPSA) is 106 Å². The van der Waals surface area contributed by atoms with E-state index in [1.807, 2.05) is 18.2 Å². The minimum Gasteiger partial charge on any atom is -0.481 e. The molecule has 5 aliphatic rings. The Balaban J connectivity index is 1.14. The number of hydrogen-bond donors (Lipinski definition) is 2. The predicted molar refractivity (Wildman–Crippen MR) is 201 cm³/mol. The van der Waals surface area contributed by atoms with E-state index in [0.29, 0.717) is 35.5 Å². The fraction of sp³-hybridized carbons (Fsp3) is 0.682. The normalized spacial score (nSPS) is 38.4. The van der Waals surface area contributed by atoms with Crippen molar-refractivity contribution in [1.29, 1.82) is 0 Å². The number of rotatable bonds is 7. The van der Waals surface area contributed by atoms with Gasteiger partial charge in [-0.1, -0.05) is 58.0 Å². The van der Waals surface area contributed by atoms with Crippen LogP contribution in [0.4, 0.5) is 5.69 Å². The van der Waals surface area contributed by atoms with Gasteiger partial charge in [0.15, 0.2) is 0 Å². The lowest BCUT2D eigenvalue weighted by Gasteiger charge is -2.69. The summed E-state index contributed by atoms with van der Waals surface area (Å²) >= 11 is 0. The third kappa shape index (κ3) is 5.57. The molecule has 10 unspecified atom stereocenters. The molecular weight excluding hydrogens is 636 g/mol. The van der Waals surface area contributed by atoms with Gasteiger partial charge in [-0.15, -0.1) is 0 Å². The number of hydrogen-bond acceptors (Lipinski definition) is 5. The van der Waals surface area contributed by atoms with Crippen molar-refractivity contribution < 1.29 is 24.2 Å². The number of nitrogens with one attached hydrogen (secondary N) is 1. The summed E-state index contributed by atoms with van der Waals surface area (Å²) in [5.74, 6) is 1.48. The third-order valence-corrected chi connectivity index (χ3v) is 15.9. The van der Waals surface area contributed by atoms with Gasteiger partial charge in [0.1, 0.15) is 6.10 Å². The summed E-state index contributed by atoms with van der Waals surface area (Å²) in [7, 11) is 0. The van der Waals surface area contributed by atoms with E-state index in [-0.39, 0.29) is 34.7 Å². The molecule has 276 valence electrons. The molecule has 1 aromatic heterocycles. The number of nitrogens with zero attached hydrogens (tertiary/aromatic N) is 1. The Morgan fingerprint density at radius 3 is 2.35 bits per heavy atom. The van der Waals surface area contributed by atoms with E-state index < -0.39 is 22.8 Å². The summed E-state index contributed by atoms with van der Waals surface area (Å²) in [6.07, 6.45) is 11.8. The first-order valence-electron chi connectivity index (χ1n) is 19.7. The lowest BCUT2D eigenvalue weighted by molar-refractivity contribution is -0.222. The first kappa shape index (κ1) is 36.2. The third-order valence-electron chi connectivity index (χ3n) is 15.9. The highest BCUT2D eigenvalue weighted by Crippen LogP contribution is 2.74. The molecule has 5 saturated carbocycles. The van der Waals surface area contributed by atoms with E-state index in [9.17, 15) is 19.5 Å². The van der Waals surface area contributed by atoms with Gasteiger partial charge in [0.2, 0.25) is 5.91 Å². The molecule has 0 bridgehead atoms. The van der Waals surface area contributed by atoms with Crippen LogP contribution >= 0.6 is 0 Å². The molecule has 2 N–H and O–H groups in total. The summed E-state index contributed by atoms with van der Waals surface area (Å²) < 4.78 is 6.16. The van der Waals surface area contributed by atoms with Gasteiger partial charge in [-0.05, 0) is 143 Å². The smallest absolute Gasteiger partial charge is 0.309 e. The maximum atomic E-state index is 14.7. The number of carboxylic acid groups (broad SMARTS) is 1. The number of para-hydroxylation sites is 1. The highest BCUT2D eigenvalue weighted by Gasteiger charge is 2.68. The van der Waals surface area contributed by atoms with Crippen LogP contribution in [0.5, 0.6) is 0 Å². The van der Waals surface area contributed by atoms with Crippen molar-refractivity contribution in [2.45, 2.75) is 125 Å². The predicted octanol–water partition coefficient (Wildman–Crippen LogP) is 9.85. The highest BCUT2D eigenvalue weighted by atomic mass is 16.5. The van der Waals surface area contributed by atoms with Crippen LogP contribution in [-0.4, -0.2) is 34.0 Å². The van der Waals surface area contributed by atoms with E-state index in [1.54, 1.807) is 20.0 Å². The quantitative estimate of drug-likeness (QED) is 0.221. The van der Waals surface area contributed by atoms with Crippen molar-refractivity contribution in [1.82, 2.24) is 4.98 Å². The fourth-order valence-corrected chi connectivity index (χ4v) is 13.5. The maximum Gasteiger partial charge on any atom is 0.309 e. The zero-order chi connectivity index (χ0) is 36.7. The van der Waals surface area contributed by atoms with Gasteiger partial charge in [-0.25, -0.2) is 0 Å². The van der Waals surface area contributed by atoms with Crippen molar-refractivity contribution in [3.8, 4) is 0 Å². The zero-order valence-corrected chi connectivity index (χ0v) is 32.0. The first-order valence-corrected chi connectivity index (χ1v) is 19.7. The van der Waals surface area contributed by atoms with E-state index >= 15 is 0 Å². The lowest BCUT2D eigenvalue weighted by Crippen LogP contribution is -2.64. The molecule has 0 radical (unpaired) electrons. The molecule has 0 aliphatic heterocycles. The minimum absolute atomic E-state index is 0.120. The molecule has 2 aromatic rings. The SMILES string of the molecule is C=C(C)C1CCC2(C(=O)Nc3cccc4cccnc34)CCC3C(CCC4C3(C)CCC3C(C)(C)C(OC(=O)CC(C)(C)C(=O)O)CCC34C)C12. The molecule has 7 heteroatoms. The monoisotopic (exact) mass is 696 g/mol. The molecule has 1 amide bonds. The van der Waals surface area contributed by atoms with Gasteiger partial charge >= 0.3 is 11.9 Å². The average Bonchev–Trinajstić information content (AvgIpc) is 3.48. The standard InChI is InChI=1S/C44H60N2O5/c1-26(2)28-16-22-44(38(48)46-31-13-9-11-27-12-10-24-45-37(27)31)23-17-30-29(36(28)44)14-15-33-42(30,7)20-18-32-41(5,6)34(19-21-43(32,33)8)51-35(47)25-40(3,4)39(49)50/h9-13,24,28-30,32-34,36H,1,14-23,25H2,2-8H3,(H,46,48)(H,49,50). The van der Waals surface area contributed by atoms with E-state index in [4.69, 9.17) is 4.74 Å². The number of aromatic nitrogens is 1. The van der Waals surface area contributed by atoms with Crippen LogP contribution in [0.3, 0.4) is 0 Å². The van der Waals surface area contributed by atoms with Gasteiger partial charge in [-0.3, -0.25) is 19.4 Å². The van der Waals surface area contributed by atoms with Crippen molar-refractivity contribution >= 4 is 34.4 Å². The number of pyridine rings is 1. The molecule has 1 aromatic carbocycles. The first-order chi connectivity index (χ1) is 24.0. The van der Waals surface area contributed by atoms with Crippen LogP contribution in [-0.2, 0) is 19.1 Å². The minimum atomic E-state index is -1.15. The van der Waals surface area contributed by atoms with Gasteiger partial charge < -0.3 is 15.2 Å². The molecule has 1 heterocycles. The number of benzene rings is 1. The second-order valence-electron chi connectivity index (χ2n) is 19.3. The molecule has 7 rings (SSSR count). The fourth-order valence-electron chi connectivity index (χ4n) is 13.5. The number of anilines is 1. The van der Waals surface area contributed by atoms with Crippen LogP contribution in [0.15, 0.2) is 48.7 Å². The Bertz CT molecular complexity index is 1740. The van der Waals surface area contributed by atoms with Crippen molar-refractivity contribution in [3.63, 3.8) is 0 Å². The number of carboxylic acids is 1. The molecule has 5 fully saturated rings. The zero-order valence-electron chi connectivity index (χ0n) is 32.0. The van der Waals surface area contributed by atoms with Gasteiger partial charge in [0.05, 0.1) is 28.5 Å². The number of fused-ring (bicyclic) bond motifs is 8. The van der Waals surface area contributed by atoms with Gasteiger partial charge in [-0.2, -0.15) is 0 Å². The molecular formula is C44H60N2O5.